The van der Waals surface area contributed by atoms with Crippen molar-refractivity contribution in [2.24, 2.45) is 0 Å². The minimum atomic E-state index is -1.15. The van der Waals surface area contributed by atoms with Crippen LogP contribution in [-0.4, -0.2) is 31.2 Å². The fourth-order valence-corrected chi connectivity index (χ4v) is 2.57. The number of aliphatic hydroxyl groups is 1. The minimum Gasteiger partial charge on any atom is -0.381 e. The summed E-state index contributed by atoms with van der Waals surface area (Å²) >= 11 is 0. The van der Waals surface area contributed by atoms with Crippen LogP contribution in [0.15, 0.2) is 54.6 Å². The van der Waals surface area contributed by atoms with Gasteiger partial charge in [0.05, 0.1) is 6.04 Å². The minimum absolute atomic E-state index is 0.395. The molecule has 0 radical (unpaired) electrons. The van der Waals surface area contributed by atoms with Crippen LogP contribution < -0.4 is 10.2 Å². The van der Waals surface area contributed by atoms with Crippen LogP contribution in [-0.2, 0) is 4.79 Å². The Balaban J connectivity index is 2.42. The summed E-state index contributed by atoms with van der Waals surface area (Å²) in [7, 11) is 3.42. The molecule has 0 heterocycles. The number of anilines is 1. The maximum Gasteiger partial charge on any atom is 0.251 e. The van der Waals surface area contributed by atoms with Crippen molar-refractivity contribution in [2.75, 3.05) is 19.0 Å². The third-order valence-electron chi connectivity index (χ3n) is 3.78. The fraction of sp³-hybridized carbons (Fsp3) is 0.278. The largest absolute Gasteiger partial charge is 0.381 e. The molecule has 0 saturated heterocycles. The van der Waals surface area contributed by atoms with E-state index in [9.17, 15) is 9.90 Å². The van der Waals surface area contributed by atoms with Gasteiger partial charge in [0.25, 0.3) is 5.91 Å². The number of nitrogens with zero attached hydrogens (tertiary/aromatic N) is 1. The summed E-state index contributed by atoms with van der Waals surface area (Å²) in [5.74, 6) is -0.395. The smallest absolute Gasteiger partial charge is 0.251 e. The van der Waals surface area contributed by atoms with Crippen molar-refractivity contribution in [3.8, 4) is 0 Å². The Labute approximate surface area is 131 Å². The number of likely N-dealkylation sites (N-methyl/N-ethyl adjacent to an activating group) is 2. The molecule has 2 rings (SSSR count). The third-order valence-corrected chi connectivity index (χ3v) is 3.78. The number of nitrogens with one attached hydrogen (secondary N) is 1. The maximum atomic E-state index is 11.9. The zero-order valence-electron chi connectivity index (χ0n) is 13.2. The Bertz CT molecular complexity index is 628. The molecule has 1 amide bonds. The van der Waals surface area contributed by atoms with E-state index < -0.39 is 18.1 Å². The monoisotopic (exact) mass is 298 g/mol. The lowest BCUT2D eigenvalue weighted by molar-refractivity contribution is -0.129. The van der Waals surface area contributed by atoms with Gasteiger partial charge in [-0.15, -0.1) is 0 Å². The Morgan fingerprint density at radius 3 is 2.41 bits per heavy atom. The molecule has 22 heavy (non-hydrogen) atoms. The van der Waals surface area contributed by atoms with Crippen LogP contribution in [0.3, 0.4) is 0 Å². The number of carbonyl (C=O) groups excluding carboxylic acids is 1. The van der Waals surface area contributed by atoms with Gasteiger partial charge in [0.2, 0.25) is 0 Å². The van der Waals surface area contributed by atoms with Crippen molar-refractivity contribution in [3.05, 3.63) is 65.7 Å². The zero-order chi connectivity index (χ0) is 16.1. The first-order valence-electron chi connectivity index (χ1n) is 7.28. The van der Waals surface area contributed by atoms with E-state index in [1.54, 1.807) is 0 Å². The molecule has 0 spiro atoms. The van der Waals surface area contributed by atoms with Crippen LogP contribution in [0, 0.1) is 6.92 Å². The normalized spacial score (nSPS) is 13.3. The van der Waals surface area contributed by atoms with Gasteiger partial charge in [-0.25, -0.2) is 0 Å². The third kappa shape index (κ3) is 3.46. The van der Waals surface area contributed by atoms with E-state index in [0.29, 0.717) is 0 Å². The Morgan fingerprint density at radius 1 is 1.14 bits per heavy atom. The average molecular weight is 298 g/mol. The number of aryl methyl sites for hydroxylation is 1. The van der Waals surface area contributed by atoms with Gasteiger partial charge in [0.1, 0.15) is 0 Å². The molecule has 0 aromatic heterocycles. The van der Waals surface area contributed by atoms with Gasteiger partial charge in [-0.2, -0.15) is 0 Å². The fourth-order valence-electron chi connectivity index (χ4n) is 2.57. The quantitative estimate of drug-likeness (QED) is 0.890. The van der Waals surface area contributed by atoms with Crippen molar-refractivity contribution in [2.45, 2.75) is 19.1 Å². The van der Waals surface area contributed by atoms with E-state index in [4.69, 9.17) is 0 Å². The lowest BCUT2D eigenvalue weighted by atomic mass is 9.98. The predicted molar refractivity (Wildman–Crippen MR) is 88.8 cm³/mol. The number of aliphatic hydroxyl groups excluding tert-OH is 1. The highest BCUT2D eigenvalue weighted by molar-refractivity contribution is 5.82. The van der Waals surface area contributed by atoms with E-state index in [1.165, 1.54) is 7.05 Å². The van der Waals surface area contributed by atoms with Gasteiger partial charge >= 0.3 is 0 Å². The first kappa shape index (κ1) is 16.0. The number of rotatable bonds is 5. The highest BCUT2D eigenvalue weighted by Crippen LogP contribution is 2.29. The molecule has 0 aliphatic rings. The molecule has 4 heteroatoms. The molecule has 4 nitrogen and oxygen atoms in total. The SMILES string of the molecule is CNC(=O)C(O)C(c1ccccc1)N(C)c1cccc(C)c1. The van der Waals surface area contributed by atoms with Crippen LogP contribution in [0.5, 0.6) is 0 Å². The second-order valence-corrected chi connectivity index (χ2v) is 5.36. The van der Waals surface area contributed by atoms with Crippen molar-refractivity contribution < 1.29 is 9.90 Å². The molecule has 2 aromatic rings. The predicted octanol–water partition coefficient (Wildman–Crippen LogP) is 2.28. The molecule has 2 atom stereocenters. The molecule has 0 saturated carbocycles. The van der Waals surface area contributed by atoms with Crippen molar-refractivity contribution in [1.82, 2.24) is 5.32 Å². The summed E-state index contributed by atoms with van der Waals surface area (Å²) in [5.41, 5.74) is 2.98. The van der Waals surface area contributed by atoms with Gasteiger partial charge in [0.15, 0.2) is 6.10 Å². The number of hydrogen-bond acceptors (Lipinski definition) is 3. The lowest BCUT2D eigenvalue weighted by Crippen LogP contribution is -2.43. The summed E-state index contributed by atoms with van der Waals surface area (Å²) in [4.78, 5) is 13.9. The summed E-state index contributed by atoms with van der Waals surface area (Å²) in [6.45, 7) is 2.02. The lowest BCUT2D eigenvalue weighted by Gasteiger charge is -2.33. The molecular weight excluding hydrogens is 276 g/mol. The first-order valence-corrected chi connectivity index (χ1v) is 7.28. The summed E-state index contributed by atoms with van der Waals surface area (Å²) < 4.78 is 0. The number of carbonyl (C=O) groups is 1. The first-order chi connectivity index (χ1) is 10.5. The van der Waals surface area contributed by atoms with Crippen LogP contribution in [0.2, 0.25) is 0 Å². The highest BCUT2D eigenvalue weighted by Gasteiger charge is 2.30. The summed E-state index contributed by atoms with van der Waals surface area (Å²) in [6, 6.07) is 17.1. The standard InChI is InChI=1S/C18H22N2O2/c1-13-8-7-11-15(12-13)20(3)16(17(21)18(22)19-2)14-9-5-4-6-10-14/h4-12,16-17,21H,1-3H3,(H,19,22). The van der Waals surface area contributed by atoms with E-state index in [1.807, 2.05) is 73.5 Å². The number of amides is 1. The van der Waals surface area contributed by atoms with E-state index in [2.05, 4.69) is 5.32 Å². The van der Waals surface area contributed by atoms with E-state index in [-0.39, 0.29) is 0 Å². The van der Waals surface area contributed by atoms with Crippen LogP contribution in [0.25, 0.3) is 0 Å². The van der Waals surface area contributed by atoms with Gasteiger partial charge < -0.3 is 15.3 Å². The highest BCUT2D eigenvalue weighted by atomic mass is 16.3. The second kappa shape index (κ2) is 7.09. The van der Waals surface area contributed by atoms with Crippen molar-refractivity contribution in [1.29, 1.82) is 0 Å². The molecule has 0 aliphatic carbocycles. The molecule has 0 aliphatic heterocycles. The Morgan fingerprint density at radius 2 is 1.82 bits per heavy atom. The van der Waals surface area contributed by atoms with Gasteiger partial charge in [0, 0.05) is 19.8 Å². The maximum absolute atomic E-state index is 11.9. The molecule has 0 fully saturated rings. The number of benzene rings is 2. The van der Waals surface area contributed by atoms with Crippen LogP contribution in [0.4, 0.5) is 5.69 Å². The molecule has 0 bridgehead atoms. The van der Waals surface area contributed by atoms with Crippen molar-refractivity contribution >= 4 is 11.6 Å². The van der Waals surface area contributed by atoms with Gasteiger partial charge in [-0.1, -0.05) is 42.5 Å². The Kier molecular flexibility index (Phi) is 5.17. The topological polar surface area (TPSA) is 52.6 Å². The van der Waals surface area contributed by atoms with E-state index in [0.717, 1.165) is 16.8 Å². The zero-order valence-corrected chi connectivity index (χ0v) is 13.2. The van der Waals surface area contributed by atoms with Gasteiger partial charge in [-0.05, 0) is 30.2 Å². The molecule has 2 unspecified atom stereocenters. The summed E-state index contributed by atoms with van der Waals surface area (Å²) in [5, 5.41) is 13.0. The molecular formula is C18H22N2O2. The van der Waals surface area contributed by atoms with E-state index >= 15 is 0 Å². The van der Waals surface area contributed by atoms with Crippen LogP contribution >= 0.6 is 0 Å². The average Bonchev–Trinajstić information content (AvgIpc) is 2.55. The van der Waals surface area contributed by atoms with Crippen molar-refractivity contribution in [3.63, 3.8) is 0 Å². The molecule has 2 aromatic carbocycles. The molecule has 116 valence electrons. The van der Waals surface area contributed by atoms with Gasteiger partial charge in [-0.3, -0.25) is 4.79 Å². The second-order valence-electron chi connectivity index (χ2n) is 5.36. The van der Waals surface area contributed by atoms with Crippen LogP contribution in [0.1, 0.15) is 17.2 Å². The molecule has 2 N–H and O–H groups in total. The number of hydrogen-bond donors (Lipinski definition) is 2. The summed E-state index contributed by atoms with van der Waals surface area (Å²) in [6.07, 6.45) is -1.15. The Hall–Kier alpha value is -2.33.